The number of carbonyl (C=O) groups is 2. The molecule has 0 radical (unpaired) electrons. The number of benzene rings is 1. The van der Waals surface area contributed by atoms with E-state index in [1.165, 1.54) is 6.92 Å². The number of halogens is 1. The van der Waals surface area contributed by atoms with E-state index in [-0.39, 0.29) is 9.70 Å². The zero-order valence-corrected chi connectivity index (χ0v) is 9.16. The van der Waals surface area contributed by atoms with Gasteiger partial charge in [-0.1, -0.05) is 12.1 Å². The molecule has 0 aliphatic rings. The van der Waals surface area contributed by atoms with Crippen molar-refractivity contribution in [2.75, 3.05) is 5.32 Å². The van der Waals surface area contributed by atoms with Gasteiger partial charge in [-0.15, -0.1) is 0 Å². The van der Waals surface area contributed by atoms with Gasteiger partial charge in [-0.3, -0.25) is 9.59 Å². The van der Waals surface area contributed by atoms with Gasteiger partial charge in [0.1, 0.15) is 0 Å². The van der Waals surface area contributed by atoms with Crippen molar-refractivity contribution in [1.29, 1.82) is 0 Å². The molecule has 0 aliphatic heterocycles. The zero-order valence-electron chi connectivity index (χ0n) is 7.00. The Bertz CT molecular complexity index is 349. The second kappa shape index (κ2) is 4.36. The van der Waals surface area contributed by atoms with Crippen molar-refractivity contribution < 1.29 is 9.59 Å². The fraction of sp³-hybridized carbons (Fsp3) is 0.111. The fourth-order valence-electron chi connectivity index (χ4n) is 0.929. The number of hydrogen-bond acceptors (Lipinski definition) is 2. The summed E-state index contributed by atoms with van der Waals surface area (Å²) in [6.07, 6.45) is 0. The van der Waals surface area contributed by atoms with E-state index >= 15 is 0 Å². The second-order valence-corrected chi connectivity index (χ2v) is 3.52. The highest BCUT2D eigenvalue weighted by Gasteiger charge is 2.01. The van der Waals surface area contributed by atoms with Crippen molar-refractivity contribution in [3.63, 3.8) is 0 Å². The molecule has 13 heavy (non-hydrogen) atoms. The van der Waals surface area contributed by atoms with E-state index in [2.05, 4.69) is 5.32 Å². The maximum atomic E-state index is 11.0. The van der Waals surface area contributed by atoms with Crippen LogP contribution in [-0.4, -0.2) is 9.70 Å². The van der Waals surface area contributed by atoms with E-state index in [4.69, 9.17) is 0 Å². The molecular weight excluding hydrogens is 281 g/mol. The van der Waals surface area contributed by atoms with Crippen LogP contribution in [0.3, 0.4) is 0 Å². The zero-order chi connectivity index (χ0) is 9.84. The average molecular weight is 289 g/mol. The number of rotatable bonds is 2. The first-order valence-corrected chi connectivity index (χ1v) is 4.75. The van der Waals surface area contributed by atoms with Crippen molar-refractivity contribution >= 4 is 38.0 Å². The molecule has 0 spiro atoms. The van der Waals surface area contributed by atoms with Gasteiger partial charge in [-0.25, -0.2) is 0 Å². The van der Waals surface area contributed by atoms with Crippen LogP contribution in [0, 0.1) is 0 Å². The monoisotopic (exact) mass is 289 g/mol. The molecule has 1 rings (SSSR count). The predicted octanol–water partition coefficient (Wildman–Crippen LogP) is 2.86. The fourth-order valence-corrected chi connectivity index (χ4v) is 1.24. The summed E-state index contributed by atoms with van der Waals surface area (Å²) in [4.78, 5) is 21.7. The lowest BCUT2D eigenvalue weighted by atomic mass is 10.1. The molecule has 0 heterocycles. The van der Waals surface area contributed by atoms with E-state index < -0.39 is 0 Å². The Morgan fingerprint density at radius 3 is 2.62 bits per heavy atom. The summed E-state index contributed by atoms with van der Waals surface area (Å²) in [5.74, 6) is -0.00967. The highest BCUT2D eigenvalue weighted by molar-refractivity contribution is 14.1. The van der Waals surface area contributed by atoms with Crippen LogP contribution >= 0.6 is 22.6 Å². The number of anilines is 1. The molecule has 1 N–H and O–H groups in total. The molecule has 0 unspecified atom stereocenters. The lowest BCUT2D eigenvalue weighted by Crippen LogP contribution is -2.01. The normalized spacial score (nSPS) is 9.38. The van der Waals surface area contributed by atoms with Gasteiger partial charge in [0.2, 0.25) is 0 Å². The summed E-state index contributed by atoms with van der Waals surface area (Å²) >= 11 is 1.64. The quantitative estimate of drug-likeness (QED) is 0.394. The van der Waals surface area contributed by atoms with E-state index in [1.807, 2.05) is 0 Å². The molecule has 0 aliphatic carbocycles. The van der Waals surface area contributed by atoms with Crippen molar-refractivity contribution in [3.05, 3.63) is 29.8 Å². The van der Waals surface area contributed by atoms with Gasteiger partial charge in [0, 0.05) is 33.8 Å². The first kappa shape index (κ1) is 10.2. The van der Waals surface area contributed by atoms with E-state index in [0.717, 1.165) is 0 Å². The molecule has 0 aromatic heterocycles. The van der Waals surface area contributed by atoms with Crippen LogP contribution in [0.5, 0.6) is 0 Å². The topological polar surface area (TPSA) is 46.2 Å². The second-order valence-electron chi connectivity index (χ2n) is 2.54. The van der Waals surface area contributed by atoms with Crippen molar-refractivity contribution in [3.8, 4) is 0 Å². The van der Waals surface area contributed by atoms with Gasteiger partial charge in [0.25, 0.3) is 3.91 Å². The van der Waals surface area contributed by atoms with Crippen LogP contribution in [-0.2, 0) is 0 Å². The lowest BCUT2D eigenvalue weighted by molar-refractivity contribution is 0.101. The van der Waals surface area contributed by atoms with Crippen LogP contribution in [0.1, 0.15) is 17.3 Å². The Morgan fingerprint density at radius 1 is 1.38 bits per heavy atom. The minimum Gasteiger partial charge on any atom is -0.317 e. The predicted molar refractivity (Wildman–Crippen MR) is 59.5 cm³/mol. The summed E-state index contributed by atoms with van der Waals surface area (Å²) in [5.41, 5.74) is 1.25. The van der Waals surface area contributed by atoms with Gasteiger partial charge in [-0.05, 0) is 19.1 Å². The van der Waals surface area contributed by atoms with Crippen LogP contribution in [0.2, 0.25) is 0 Å². The third-order valence-corrected chi connectivity index (χ3v) is 1.78. The number of ketones is 1. The summed E-state index contributed by atoms with van der Waals surface area (Å²) in [6, 6.07) is 6.84. The molecule has 0 saturated heterocycles. The smallest absolute Gasteiger partial charge is 0.284 e. The van der Waals surface area contributed by atoms with Crippen molar-refractivity contribution in [1.82, 2.24) is 0 Å². The maximum Gasteiger partial charge on any atom is 0.284 e. The third kappa shape index (κ3) is 3.14. The molecule has 0 atom stereocenters. The Kier molecular flexibility index (Phi) is 3.41. The molecule has 1 amide bonds. The van der Waals surface area contributed by atoms with Crippen molar-refractivity contribution in [2.24, 2.45) is 0 Å². The van der Waals surface area contributed by atoms with E-state index in [9.17, 15) is 9.59 Å². The molecule has 1 aromatic rings. The Balaban J connectivity index is 2.91. The van der Waals surface area contributed by atoms with Crippen LogP contribution in [0.15, 0.2) is 24.3 Å². The van der Waals surface area contributed by atoms with Gasteiger partial charge >= 0.3 is 0 Å². The molecule has 0 saturated carbocycles. The summed E-state index contributed by atoms with van der Waals surface area (Å²) < 4.78 is -0.168. The van der Waals surface area contributed by atoms with E-state index in [1.54, 1.807) is 46.9 Å². The van der Waals surface area contributed by atoms with Crippen LogP contribution < -0.4 is 5.32 Å². The molecular formula is C9H8INO2. The van der Waals surface area contributed by atoms with E-state index in [0.29, 0.717) is 11.3 Å². The number of Topliss-reactive ketones (excluding diaryl/α,β-unsaturated/α-hetero) is 1. The maximum absolute atomic E-state index is 11.0. The molecule has 0 bridgehead atoms. The Morgan fingerprint density at radius 2 is 2.08 bits per heavy atom. The van der Waals surface area contributed by atoms with Gasteiger partial charge in [0.15, 0.2) is 5.78 Å². The summed E-state index contributed by atoms with van der Waals surface area (Å²) in [6.45, 7) is 1.49. The average Bonchev–Trinajstić information content (AvgIpc) is 2.03. The molecule has 1 aromatic carbocycles. The Labute approximate surface area is 89.7 Å². The Hall–Kier alpha value is -0.910. The first-order valence-electron chi connectivity index (χ1n) is 3.67. The highest BCUT2D eigenvalue weighted by atomic mass is 127. The third-order valence-electron chi connectivity index (χ3n) is 1.51. The number of amides is 1. The largest absolute Gasteiger partial charge is 0.317 e. The first-order chi connectivity index (χ1) is 6.09. The standard InChI is InChI=1S/C9H8INO2/c1-6(12)7-3-2-4-8(5-7)11-9(10)13/h2-5H,1H3,(H,11,13). The minimum atomic E-state index is -0.168. The molecule has 0 fully saturated rings. The number of carbonyl (C=O) groups excluding carboxylic acids is 2. The number of nitrogens with one attached hydrogen (secondary N) is 1. The number of hydrogen-bond donors (Lipinski definition) is 1. The van der Waals surface area contributed by atoms with Gasteiger partial charge in [0.05, 0.1) is 0 Å². The summed E-state index contributed by atoms with van der Waals surface area (Å²) in [5, 5.41) is 2.60. The van der Waals surface area contributed by atoms with Crippen molar-refractivity contribution in [2.45, 2.75) is 6.92 Å². The van der Waals surface area contributed by atoms with Crippen LogP contribution in [0.25, 0.3) is 0 Å². The highest BCUT2D eigenvalue weighted by Crippen LogP contribution is 2.12. The van der Waals surface area contributed by atoms with Crippen LogP contribution in [0.4, 0.5) is 10.5 Å². The lowest BCUT2D eigenvalue weighted by Gasteiger charge is -2.01. The van der Waals surface area contributed by atoms with Gasteiger partial charge < -0.3 is 5.32 Å². The van der Waals surface area contributed by atoms with Gasteiger partial charge in [-0.2, -0.15) is 0 Å². The molecule has 68 valence electrons. The SMILES string of the molecule is CC(=O)c1cccc(NC(=O)I)c1. The molecule has 3 nitrogen and oxygen atoms in total. The molecule has 4 heteroatoms. The summed E-state index contributed by atoms with van der Waals surface area (Å²) in [7, 11) is 0. The minimum absolute atomic E-state index is 0.00967.